The summed E-state index contributed by atoms with van der Waals surface area (Å²) in [4.78, 5) is 28.5. The molecule has 0 aromatic heterocycles. The fourth-order valence-electron chi connectivity index (χ4n) is 6.72. The van der Waals surface area contributed by atoms with Gasteiger partial charge < -0.3 is 19.7 Å². The van der Waals surface area contributed by atoms with Crippen LogP contribution in [0.4, 0.5) is 4.39 Å². The van der Waals surface area contributed by atoms with Crippen molar-refractivity contribution in [2.24, 2.45) is 11.8 Å². The summed E-state index contributed by atoms with van der Waals surface area (Å²) in [5, 5.41) is 23.0. The predicted octanol–water partition coefficient (Wildman–Crippen LogP) is 6.92. The molecule has 7 nitrogen and oxygen atoms in total. The number of halogens is 3. The molecule has 2 aliphatic heterocycles. The van der Waals surface area contributed by atoms with Gasteiger partial charge in [-0.05, 0) is 79.6 Å². The molecule has 0 radical (unpaired) electrons. The first-order valence-corrected chi connectivity index (χ1v) is 15.0. The number of benzene rings is 3. The lowest BCUT2D eigenvalue weighted by Crippen LogP contribution is -2.51. The highest BCUT2D eigenvalue weighted by molar-refractivity contribution is 6.30. The number of amides is 1. The Kier molecular flexibility index (Phi) is 8.89. The number of carbonyl (C=O) groups excluding carboxylic acids is 1. The lowest BCUT2D eigenvalue weighted by Gasteiger charge is -2.44. The van der Waals surface area contributed by atoms with E-state index < -0.39 is 41.0 Å². The monoisotopic (exact) mass is 629 g/mol. The van der Waals surface area contributed by atoms with Crippen molar-refractivity contribution in [1.82, 2.24) is 4.90 Å². The molecule has 1 fully saturated rings. The number of nitrogens with zero attached hydrogens (tertiary/aromatic N) is 1. The molecule has 1 amide bonds. The number of hydrogen-bond acceptors (Lipinski definition) is 5. The van der Waals surface area contributed by atoms with Crippen LogP contribution in [0.5, 0.6) is 0 Å². The minimum atomic E-state index is -1.86. The van der Waals surface area contributed by atoms with Crippen molar-refractivity contribution in [3.8, 4) is 0 Å². The second kappa shape index (κ2) is 12.2. The molecule has 43 heavy (non-hydrogen) atoms. The van der Waals surface area contributed by atoms with Gasteiger partial charge in [0.2, 0.25) is 0 Å². The van der Waals surface area contributed by atoms with Crippen molar-refractivity contribution < 1.29 is 33.7 Å². The summed E-state index contributed by atoms with van der Waals surface area (Å²) >= 11 is 12.4. The first kappa shape index (κ1) is 31.4. The van der Waals surface area contributed by atoms with Gasteiger partial charge in [-0.3, -0.25) is 14.5 Å². The number of aliphatic hydroxyl groups is 1. The standard InChI is InChI=1S/C33H34Cl2FNO6/c1-4-32(41,21-13-15-43-16-14-21)23-17-26-28(27(36)18-23)33(42-3,22-7-11-25(35)12-8-22)37(30(26)38)29(19(2)31(39)40)20-5-9-24(34)10-6-20/h5-12,17-19,21,29,41H,4,13-16H2,1-3H3,(H,39,40)/t19?,29?,32?,33-/m1/s1. The number of methoxy groups -OCH3 is 1. The van der Waals surface area contributed by atoms with E-state index in [9.17, 15) is 19.8 Å². The molecule has 228 valence electrons. The molecule has 4 atom stereocenters. The Balaban J connectivity index is 1.79. The Bertz CT molecular complexity index is 1510. The van der Waals surface area contributed by atoms with Gasteiger partial charge in [-0.1, -0.05) is 54.4 Å². The van der Waals surface area contributed by atoms with E-state index in [0.29, 0.717) is 53.6 Å². The van der Waals surface area contributed by atoms with Crippen molar-refractivity contribution >= 4 is 35.1 Å². The Morgan fingerprint density at radius 1 is 1.12 bits per heavy atom. The molecule has 3 aromatic rings. The lowest BCUT2D eigenvalue weighted by molar-refractivity contribution is -0.149. The first-order valence-electron chi connectivity index (χ1n) is 14.3. The summed E-state index contributed by atoms with van der Waals surface area (Å²) in [6.45, 7) is 4.27. The lowest BCUT2D eigenvalue weighted by atomic mass is 9.74. The van der Waals surface area contributed by atoms with Crippen LogP contribution in [0.3, 0.4) is 0 Å². The highest BCUT2D eigenvalue weighted by Crippen LogP contribution is 2.53. The molecule has 0 aliphatic carbocycles. The van der Waals surface area contributed by atoms with Crippen LogP contribution in [-0.2, 0) is 25.6 Å². The molecule has 3 unspecified atom stereocenters. The number of ether oxygens (including phenoxy) is 2. The molecular weight excluding hydrogens is 596 g/mol. The third-order valence-corrected chi connectivity index (χ3v) is 9.54. The molecule has 0 saturated carbocycles. The smallest absolute Gasteiger partial charge is 0.308 e. The number of aliphatic carboxylic acids is 1. The van der Waals surface area contributed by atoms with Crippen LogP contribution < -0.4 is 0 Å². The van der Waals surface area contributed by atoms with E-state index in [0.717, 1.165) is 0 Å². The summed E-state index contributed by atoms with van der Waals surface area (Å²) in [5.41, 5.74) is -2.21. The Morgan fingerprint density at radius 3 is 2.23 bits per heavy atom. The third-order valence-electron chi connectivity index (χ3n) is 9.04. The zero-order valence-corrected chi connectivity index (χ0v) is 25.7. The van der Waals surface area contributed by atoms with E-state index in [-0.39, 0.29) is 22.6 Å². The van der Waals surface area contributed by atoms with E-state index in [1.54, 1.807) is 48.5 Å². The molecular formula is C33H34Cl2FNO6. The summed E-state index contributed by atoms with van der Waals surface area (Å²) < 4.78 is 28.4. The van der Waals surface area contributed by atoms with Crippen LogP contribution in [0, 0.1) is 17.7 Å². The molecule has 1 saturated heterocycles. The maximum absolute atomic E-state index is 16.7. The van der Waals surface area contributed by atoms with E-state index in [2.05, 4.69) is 0 Å². The molecule has 10 heteroatoms. The number of carboxylic acids is 1. The molecule has 2 heterocycles. The van der Waals surface area contributed by atoms with Crippen molar-refractivity contribution in [2.45, 2.75) is 50.5 Å². The number of rotatable bonds is 9. The minimum Gasteiger partial charge on any atom is -0.481 e. The Hall–Kier alpha value is -3.01. The van der Waals surface area contributed by atoms with Crippen LogP contribution in [0.25, 0.3) is 0 Å². The first-order chi connectivity index (χ1) is 20.5. The van der Waals surface area contributed by atoms with Crippen molar-refractivity contribution in [3.05, 3.63) is 104 Å². The van der Waals surface area contributed by atoms with Gasteiger partial charge in [-0.25, -0.2) is 4.39 Å². The van der Waals surface area contributed by atoms with E-state index in [4.69, 9.17) is 32.7 Å². The fraction of sp³-hybridized carbons (Fsp3) is 0.394. The van der Waals surface area contributed by atoms with Gasteiger partial charge in [0.15, 0.2) is 5.72 Å². The summed E-state index contributed by atoms with van der Waals surface area (Å²) in [6.07, 6.45) is 1.47. The van der Waals surface area contributed by atoms with Crippen LogP contribution in [0.2, 0.25) is 10.0 Å². The maximum Gasteiger partial charge on any atom is 0.308 e. The van der Waals surface area contributed by atoms with Gasteiger partial charge in [-0.2, -0.15) is 0 Å². The zero-order chi connectivity index (χ0) is 31.1. The van der Waals surface area contributed by atoms with Gasteiger partial charge in [0, 0.05) is 35.9 Å². The average Bonchev–Trinajstić information content (AvgIpc) is 3.27. The Morgan fingerprint density at radius 2 is 1.70 bits per heavy atom. The van der Waals surface area contributed by atoms with Crippen molar-refractivity contribution in [2.75, 3.05) is 20.3 Å². The summed E-state index contributed by atoms with van der Waals surface area (Å²) in [7, 11) is 1.35. The van der Waals surface area contributed by atoms with Crippen LogP contribution in [0.1, 0.15) is 71.8 Å². The highest BCUT2D eigenvalue weighted by Gasteiger charge is 2.58. The zero-order valence-electron chi connectivity index (χ0n) is 24.1. The summed E-state index contributed by atoms with van der Waals surface area (Å²) in [6, 6.07) is 14.7. The van der Waals surface area contributed by atoms with E-state index in [1.807, 2.05) is 6.92 Å². The quantitative estimate of drug-likeness (QED) is 0.267. The normalized spacial score (nSPS) is 21.7. The molecule has 0 spiro atoms. The van der Waals surface area contributed by atoms with Crippen molar-refractivity contribution in [3.63, 3.8) is 0 Å². The van der Waals surface area contributed by atoms with Gasteiger partial charge in [0.25, 0.3) is 5.91 Å². The topological polar surface area (TPSA) is 96.3 Å². The minimum absolute atomic E-state index is 0.0118. The van der Waals surface area contributed by atoms with Gasteiger partial charge in [-0.15, -0.1) is 0 Å². The average molecular weight is 631 g/mol. The summed E-state index contributed by atoms with van der Waals surface area (Å²) in [5.74, 6) is -3.89. The third kappa shape index (κ3) is 5.23. The van der Waals surface area contributed by atoms with Crippen molar-refractivity contribution in [1.29, 1.82) is 0 Å². The van der Waals surface area contributed by atoms with Gasteiger partial charge in [0.1, 0.15) is 5.82 Å². The van der Waals surface area contributed by atoms with Crippen LogP contribution in [0.15, 0.2) is 60.7 Å². The second-order valence-electron chi connectivity index (χ2n) is 11.2. The number of carbonyl (C=O) groups is 2. The van der Waals surface area contributed by atoms with Gasteiger partial charge >= 0.3 is 5.97 Å². The SMILES string of the molecule is CCC(O)(c1cc(F)c2c(c1)C(=O)N(C(c1ccc(Cl)cc1)C(C)C(=O)O)[C@@]2(OC)c1ccc(Cl)cc1)C1CCOCC1. The van der Waals surface area contributed by atoms with Gasteiger partial charge in [0.05, 0.1) is 28.7 Å². The second-order valence-corrected chi connectivity index (χ2v) is 12.1. The van der Waals surface area contributed by atoms with E-state index >= 15 is 4.39 Å². The molecule has 2 aliphatic rings. The fourth-order valence-corrected chi connectivity index (χ4v) is 6.97. The number of carboxylic acid groups (broad SMARTS) is 1. The van der Waals surface area contributed by atoms with Crippen LogP contribution >= 0.6 is 23.2 Å². The van der Waals surface area contributed by atoms with Crippen LogP contribution in [-0.4, -0.2) is 47.3 Å². The highest BCUT2D eigenvalue weighted by atomic mass is 35.5. The molecule has 2 N–H and O–H groups in total. The van der Waals surface area contributed by atoms with E-state index in [1.165, 1.54) is 31.1 Å². The number of hydrogen-bond donors (Lipinski definition) is 2. The maximum atomic E-state index is 16.7. The molecule has 5 rings (SSSR count). The Labute approximate surface area is 260 Å². The molecule has 3 aromatic carbocycles. The largest absolute Gasteiger partial charge is 0.481 e. The molecule has 0 bridgehead atoms. The predicted molar refractivity (Wildman–Crippen MR) is 161 cm³/mol. The number of fused-ring (bicyclic) bond motifs is 1.